The summed E-state index contributed by atoms with van der Waals surface area (Å²) in [6, 6.07) is 0.394. The predicted molar refractivity (Wildman–Crippen MR) is 68.5 cm³/mol. The van der Waals surface area contributed by atoms with Crippen molar-refractivity contribution in [3.63, 3.8) is 0 Å². The maximum Gasteiger partial charge on any atom is 0.287 e. The third-order valence-electron chi connectivity index (χ3n) is 2.60. The molecule has 0 radical (unpaired) electrons. The Morgan fingerprint density at radius 3 is 3.19 bits per heavy atom. The van der Waals surface area contributed by atoms with Crippen molar-refractivity contribution in [2.75, 3.05) is 16.8 Å². The SMILES string of the molecule is Cn1ncc(NC2CCCSC2)c(Cl)c1=O. The van der Waals surface area contributed by atoms with Crippen LogP contribution in [0.4, 0.5) is 5.69 Å². The van der Waals surface area contributed by atoms with Gasteiger partial charge in [0.25, 0.3) is 5.56 Å². The van der Waals surface area contributed by atoms with Crippen LogP contribution in [0.5, 0.6) is 0 Å². The number of rotatable bonds is 2. The summed E-state index contributed by atoms with van der Waals surface area (Å²) < 4.78 is 1.24. The quantitative estimate of drug-likeness (QED) is 0.879. The minimum Gasteiger partial charge on any atom is -0.379 e. The Bertz CT molecular complexity index is 429. The van der Waals surface area contributed by atoms with Gasteiger partial charge in [-0.1, -0.05) is 11.6 Å². The van der Waals surface area contributed by atoms with Crippen LogP contribution in [0.25, 0.3) is 0 Å². The fourth-order valence-electron chi connectivity index (χ4n) is 1.69. The van der Waals surface area contributed by atoms with Crippen molar-refractivity contribution in [3.8, 4) is 0 Å². The average Bonchev–Trinajstić information content (AvgIpc) is 2.31. The van der Waals surface area contributed by atoms with Gasteiger partial charge in [0.15, 0.2) is 0 Å². The van der Waals surface area contributed by atoms with Crippen LogP contribution in [0.2, 0.25) is 5.02 Å². The van der Waals surface area contributed by atoms with Gasteiger partial charge in [0.1, 0.15) is 5.02 Å². The number of nitrogens with zero attached hydrogens (tertiary/aromatic N) is 2. The highest BCUT2D eigenvalue weighted by atomic mass is 35.5. The number of aryl methyl sites for hydroxylation is 1. The van der Waals surface area contributed by atoms with E-state index in [4.69, 9.17) is 11.6 Å². The summed E-state index contributed by atoms with van der Waals surface area (Å²) in [4.78, 5) is 11.6. The molecule has 4 nitrogen and oxygen atoms in total. The molecule has 0 amide bonds. The first-order valence-electron chi connectivity index (χ1n) is 5.24. The van der Waals surface area contributed by atoms with Crippen LogP contribution in [0, 0.1) is 0 Å². The molecule has 1 aliphatic rings. The van der Waals surface area contributed by atoms with Crippen LogP contribution in [0.15, 0.2) is 11.0 Å². The van der Waals surface area contributed by atoms with Crippen molar-refractivity contribution in [1.29, 1.82) is 0 Å². The van der Waals surface area contributed by atoms with E-state index in [0.29, 0.717) is 11.7 Å². The highest BCUT2D eigenvalue weighted by Gasteiger charge is 2.16. The van der Waals surface area contributed by atoms with Gasteiger partial charge in [0, 0.05) is 18.8 Å². The molecule has 1 aliphatic heterocycles. The van der Waals surface area contributed by atoms with Gasteiger partial charge in [0.05, 0.1) is 11.9 Å². The number of anilines is 1. The molecule has 1 fully saturated rings. The van der Waals surface area contributed by atoms with Crippen molar-refractivity contribution in [2.45, 2.75) is 18.9 Å². The third kappa shape index (κ3) is 2.52. The average molecular weight is 260 g/mol. The lowest BCUT2D eigenvalue weighted by atomic mass is 10.2. The largest absolute Gasteiger partial charge is 0.379 e. The van der Waals surface area contributed by atoms with Gasteiger partial charge in [-0.25, -0.2) is 4.68 Å². The lowest BCUT2D eigenvalue weighted by Crippen LogP contribution is -2.28. The number of aromatic nitrogens is 2. The number of thioether (sulfide) groups is 1. The highest BCUT2D eigenvalue weighted by molar-refractivity contribution is 7.99. The Hall–Kier alpha value is -0.680. The summed E-state index contributed by atoms with van der Waals surface area (Å²) in [7, 11) is 1.59. The second-order valence-corrected chi connectivity index (χ2v) is 5.39. The minimum absolute atomic E-state index is 0.230. The fourth-order valence-corrected chi connectivity index (χ4v) is 2.98. The summed E-state index contributed by atoms with van der Waals surface area (Å²) >= 11 is 7.90. The topological polar surface area (TPSA) is 46.9 Å². The second-order valence-electron chi connectivity index (χ2n) is 3.86. The number of hydrogen-bond acceptors (Lipinski definition) is 4. The van der Waals surface area contributed by atoms with Crippen molar-refractivity contribution >= 4 is 29.1 Å². The number of halogens is 1. The maximum atomic E-state index is 11.6. The summed E-state index contributed by atoms with van der Waals surface area (Å²) in [6.45, 7) is 0. The van der Waals surface area contributed by atoms with Crippen molar-refractivity contribution in [3.05, 3.63) is 21.6 Å². The lowest BCUT2D eigenvalue weighted by Gasteiger charge is -2.23. The van der Waals surface area contributed by atoms with Gasteiger partial charge in [-0.15, -0.1) is 0 Å². The molecule has 1 N–H and O–H groups in total. The summed E-state index contributed by atoms with van der Waals surface area (Å²) in [5.41, 5.74) is 0.396. The molecule has 6 heteroatoms. The van der Waals surface area contributed by atoms with Crippen LogP contribution < -0.4 is 10.9 Å². The Morgan fingerprint density at radius 2 is 2.50 bits per heavy atom. The Labute approximate surface area is 103 Å². The van der Waals surface area contributed by atoms with Crippen LogP contribution >= 0.6 is 23.4 Å². The Morgan fingerprint density at radius 1 is 1.69 bits per heavy atom. The lowest BCUT2D eigenvalue weighted by molar-refractivity contribution is 0.676. The van der Waals surface area contributed by atoms with E-state index in [9.17, 15) is 4.79 Å². The zero-order valence-corrected chi connectivity index (χ0v) is 10.6. The summed E-state index contributed by atoms with van der Waals surface area (Å²) in [6.07, 6.45) is 3.94. The number of hydrogen-bond donors (Lipinski definition) is 1. The second kappa shape index (κ2) is 5.10. The molecule has 1 aromatic rings. The molecule has 16 heavy (non-hydrogen) atoms. The number of nitrogens with one attached hydrogen (secondary N) is 1. The molecular weight excluding hydrogens is 246 g/mol. The Balaban J connectivity index is 2.15. The first-order chi connectivity index (χ1) is 7.68. The molecule has 0 spiro atoms. The van der Waals surface area contributed by atoms with E-state index in [1.54, 1.807) is 13.2 Å². The van der Waals surface area contributed by atoms with E-state index in [0.717, 1.165) is 12.2 Å². The molecule has 0 aliphatic carbocycles. The van der Waals surface area contributed by atoms with Crippen molar-refractivity contribution in [1.82, 2.24) is 9.78 Å². The van der Waals surface area contributed by atoms with Crippen LogP contribution in [-0.4, -0.2) is 27.3 Å². The third-order valence-corrected chi connectivity index (χ3v) is 4.18. The molecule has 2 heterocycles. The molecule has 1 aromatic heterocycles. The predicted octanol–water partition coefficient (Wildman–Crippen LogP) is 1.74. The molecule has 1 saturated heterocycles. The zero-order valence-electron chi connectivity index (χ0n) is 9.07. The van der Waals surface area contributed by atoms with Gasteiger partial charge in [-0.05, 0) is 18.6 Å². The van der Waals surface area contributed by atoms with Gasteiger partial charge < -0.3 is 5.32 Å². The summed E-state index contributed by atoms with van der Waals surface area (Å²) in [5.74, 6) is 2.28. The standard InChI is InChI=1S/C10H14ClN3OS/c1-14-10(15)9(11)8(5-12-14)13-7-3-2-4-16-6-7/h5,7,13H,2-4,6H2,1H3. The van der Waals surface area contributed by atoms with Crippen molar-refractivity contribution < 1.29 is 0 Å². The van der Waals surface area contributed by atoms with Crippen LogP contribution in [0.3, 0.4) is 0 Å². The molecule has 0 aromatic carbocycles. The molecule has 1 atom stereocenters. The first-order valence-corrected chi connectivity index (χ1v) is 6.78. The van der Waals surface area contributed by atoms with E-state index >= 15 is 0 Å². The zero-order chi connectivity index (χ0) is 11.5. The minimum atomic E-state index is -0.255. The van der Waals surface area contributed by atoms with Crippen LogP contribution in [-0.2, 0) is 7.05 Å². The molecule has 1 unspecified atom stereocenters. The smallest absolute Gasteiger partial charge is 0.287 e. The van der Waals surface area contributed by atoms with Crippen molar-refractivity contribution in [2.24, 2.45) is 7.05 Å². The summed E-state index contributed by atoms with van der Waals surface area (Å²) in [5, 5.41) is 7.47. The van der Waals surface area contributed by atoms with Crippen LogP contribution in [0.1, 0.15) is 12.8 Å². The van der Waals surface area contributed by atoms with E-state index in [2.05, 4.69) is 10.4 Å². The van der Waals surface area contributed by atoms with Gasteiger partial charge in [-0.2, -0.15) is 16.9 Å². The van der Waals surface area contributed by atoms with E-state index in [-0.39, 0.29) is 10.6 Å². The van der Waals surface area contributed by atoms with E-state index in [1.165, 1.54) is 16.9 Å². The molecule has 2 rings (SSSR count). The first kappa shape index (κ1) is 11.8. The van der Waals surface area contributed by atoms with E-state index in [1.807, 2.05) is 11.8 Å². The van der Waals surface area contributed by atoms with Gasteiger partial charge in [-0.3, -0.25) is 4.79 Å². The maximum absolute atomic E-state index is 11.6. The van der Waals surface area contributed by atoms with Gasteiger partial charge in [0.2, 0.25) is 0 Å². The highest BCUT2D eigenvalue weighted by Crippen LogP contribution is 2.23. The molecule has 0 bridgehead atoms. The Kier molecular flexibility index (Phi) is 3.76. The molecule has 0 saturated carbocycles. The van der Waals surface area contributed by atoms with Gasteiger partial charge >= 0.3 is 0 Å². The monoisotopic (exact) mass is 259 g/mol. The molecule has 88 valence electrons. The normalized spacial score (nSPS) is 20.8. The van der Waals surface area contributed by atoms with E-state index < -0.39 is 0 Å². The fraction of sp³-hybridized carbons (Fsp3) is 0.600. The molecular formula is C10H14ClN3OS.